The van der Waals surface area contributed by atoms with Crippen LogP contribution in [0.1, 0.15) is 82.1 Å². The Morgan fingerprint density at radius 2 is 0.920 bits per heavy atom. The average molecular weight is 395 g/mol. The zero-order valence-electron chi connectivity index (χ0n) is 17.3. The zero-order chi connectivity index (χ0) is 20.7. The van der Waals surface area contributed by atoms with Crippen LogP contribution in [-0.2, 0) is 19.7 Å². The van der Waals surface area contributed by atoms with E-state index in [1.807, 2.05) is 41.5 Å². The molecule has 0 fully saturated rings. The first-order valence-corrected chi connectivity index (χ1v) is 11.3. The van der Waals surface area contributed by atoms with E-state index in [9.17, 15) is 22.4 Å². The van der Waals surface area contributed by atoms with Crippen LogP contribution in [-0.4, -0.2) is 35.5 Å². The minimum Gasteiger partial charge on any atom is -0.359 e. The maximum absolute atomic E-state index is 13.1. The second kappa shape index (κ2) is 6.78. The van der Waals surface area contributed by atoms with Gasteiger partial charge in [0.25, 0.3) is 19.7 Å². The number of hydrogen-bond acceptors (Lipinski definition) is 4. The maximum atomic E-state index is 13.1. The second-order valence-corrected chi connectivity index (χ2v) is 15.6. The molecule has 0 heterocycles. The predicted molar refractivity (Wildman–Crippen MR) is 103 cm³/mol. The van der Waals surface area contributed by atoms with E-state index in [0.29, 0.717) is 0 Å². The maximum Gasteiger partial charge on any atom is 0.496 e. The van der Waals surface area contributed by atoms with E-state index in [1.165, 1.54) is 27.7 Å². The van der Waals surface area contributed by atoms with Crippen LogP contribution in [0.15, 0.2) is 0 Å². The van der Waals surface area contributed by atoms with Crippen molar-refractivity contribution < 1.29 is 21.6 Å². The van der Waals surface area contributed by atoms with Crippen molar-refractivity contribution in [3.05, 3.63) is 5.53 Å². The molecular weight excluding hydrogens is 360 g/mol. The Morgan fingerprint density at radius 3 is 1.08 bits per heavy atom. The molecule has 0 aromatic heterocycles. The molecule has 0 aliphatic rings. The summed E-state index contributed by atoms with van der Waals surface area (Å²) in [5.74, 6) is 0. The first-order valence-electron chi connectivity index (χ1n) is 8.32. The van der Waals surface area contributed by atoms with Crippen LogP contribution in [0.2, 0.25) is 0 Å². The summed E-state index contributed by atoms with van der Waals surface area (Å²) in [4.78, 5) is 2.76. The molecule has 0 aliphatic carbocycles. The van der Waals surface area contributed by atoms with Gasteiger partial charge in [-0.05, 0) is 51.4 Å². The lowest BCUT2D eigenvalue weighted by atomic mass is 9.86. The molecule has 0 radical (unpaired) electrons. The second-order valence-electron chi connectivity index (χ2n) is 10.4. The molecule has 0 N–H and O–H groups in total. The summed E-state index contributed by atoms with van der Waals surface area (Å²) in [5, 5.41) is 0. The van der Waals surface area contributed by atoms with Crippen LogP contribution in [0.3, 0.4) is 0 Å². The summed E-state index contributed by atoms with van der Waals surface area (Å²) >= 11 is 0. The third-order valence-corrected chi connectivity index (χ3v) is 9.51. The lowest BCUT2D eigenvalue weighted by molar-refractivity contribution is 0.00340. The third-order valence-electron chi connectivity index (χ3n) is 3.91. The summed E-state index contributed by atoms with van der Waals surface area (Å²) in [7, 11) is -8.74. The van der Waals surface area contributed by atoms with Crippen LogP contribution in [0.4, 0.5) is 0 Å². The fourth-order valence-electron chi connectivity index (χ4n) is 3.47. The molecule has 0 aromatic carbocycles. The van der Waals surface area contributed by atoms with E-state index in [1.54, 1.807) is 0 Å². The molecule has 6 nitrogen and oxygen atoms in total. The van der Waals surface area contributed by atoms with E-state index < -0.39 is 33.5 Å². The monoisotopic (exact) mass is 394 g/mol. The molecule has 0 saturated heterocycles. The zero-order valence-corrected chi connectivity index (χ0v) is 18.9. The van der Waals surface area contributed by atoms with Gasteiger partial charge < -0.3 is 5.53 Å². The van der Waals surface area contributed by atoms with Crippen molar-refractivity contribution in [2.75, 3.05) is 0 Å². The molecule has 0 rings (SSSR count). The van der Waals surface area contributed by atoms with Crippen molar-refractivity contribution in [3.8, 4) is 0 Å². The summed E-state index contributed by atoms with van der Waals surface area (Å²) in [6.45, 7) is 17.1. The van der Waals surface area contributed by atoms with E-state index in [2.05, 4.69) is 4.79 Å². The highest BCUT2D eigenvalue weighted by atomic mass is 32.3. The Balaban J connectivity index is 6.33. The Morgan fingerprint density at radius 1 is 0.680 bits per heavy atom. The normalized spacial score (nSPS) is 15.0. The van der Waals surface area contributed by atoms with Crippen LogP contribution < -0.4 is 0 Å². The summed E-state index contributed by atoms with van der Waals surface area (Å²) in [6, 6.07) is 0. The van der Waals surface area contributed by atoms with Crippen LogP contribution in [0.5, 0.6) is 0 Å². The molecule has 25 heavy (non-hydrogen) atoms. The Labute approximate surface area is 153 Å². The standard InChI is InChI=1S/C17H34N2O4S2/c1-14(2,3)11-16(7,8)24(20,21)13(19-18)25(22,23)17(9,10)12-15(4,5)6/h11-12H2,1-10H3. The van der Waals surface area contributed by atoms with Gasteiger partial charge in [-0.15, -0.1) is 4.79 Å². The summed E-state index contributed by atoms with van der Waals surface area (Å²) in [6.07, 6.45) is 0.438. The molecule has 0 spiro atoms. The highest BCUT2D eigenvalue weighted by Crippen LogP contribution is 2.38. The summed E-state index contributed by atoms with van der Waals surface area (Å²) in [5.41, 5.74) is 8.66. The Kier molecular flexibility index (Phi) is 6.59. The van der Waals surface area contributed by atoms with Gasteiger partial charge in [-0.3, -0.25) is 0 Å². The predicted octanol–water partition coefficient (Wildman–Crippen LogP) is 3.83. The smallest absolute Gasteiger partial charge is 0.359 e. The molecule has 0 amide bonds. The highest BCUT2D eigenvalue weighted by molar-refractivity contribution is 8.31. The fraction of sp³-hybridized carbons (Fsp3) is 0.941. The van der Waals surface area contributed by atoms with Crippen molar-refractivity contribution in [2.24, 2.45) is 10.8 Å². The number of sulfone groups is 2. The van der Waals surface area contributed by atoms with Crippen molar-refractivity contribution in [2.45, 2.75) is 91.6 Å². The Hall–Kier alpha value is -0.720. The van der Waals surface area contributed by atoms with Gasteiger partial charge in [-0.2, -0.15) is 0 Å². The van der Waals surface area contributed by atoms with E-state index in [4.69, 9.17) is 0 Å². The molecule has 0 aliphatic heterocycles. The molecular formula is C17H34N2O4S2. The molecule has 0 saturated carbocycles. The van der Waals surface area contributed by atoms with Gasteiger partial charge in [0, 0.05) is 0 Å². The summed E-state index contributed by atoms with van der Waals surface area (Å²) < 4.78 is 48.3. The molecule has 0 aromatic rings. The van der Waals surface area contributed by atoms with Gasteiger partial charge in [-0.25, -0.2) is 16.8 Å². The van der Waals surface area contributed by atoms with E-state index in [0.717, 1.165) is 0 Å². The van der Waals surface area contributed by atoms with Gasteiger partial charge in [0.15, 0.2) is 0 Å². The largest absolute Gasteiger partial charge is 0.496 e. The van der Waals surface area contributed by atoms with E-state index >= 15 is 0 Å². The molecule has 0 bridgehead atoms. The third kappa shape index (κ3) is 5.63. The van der Waals surface area contributed by atoms with Crippen molar-refractivity contribution in [3.63, 3.8) is 0 Å². The molecule has 0 atom stereocenters. The van der Waals surface area contributed by atoms with Crippen LogP contribution in [0.25, 0.3) is 5.53 Å². The van der Waals surface area contributed by atoms with Gasteiger partial charge in [0.2, 0.25) is 0 Å². The lowest BCUT2D eigenvalue weighted by Gasteiger charge is -2.33. The van der Waals surface area contributed by atoms with Gasteiger partial charge in [0.05, 0.1) is 9.49 Å². The SMILES string of the molecule is CC(C)(C)CC(C)(C)S(=O)(=O)C(=[N+]=[N-])S(=O)(=O)C(C)(C)CC(C)(C)C. The highest BCUT2D eigenvalue weighted by Gasteiger charge is 2.57. The minimum absolute atomic E-state index is 0.219. The van der Waals surface area contributed by atoms with Crippen molar-refractivity contribution in [1.29, 1.82) is 0 Å². The number of rotatable bonds is 4. The fourth-order valence-corrected chi connectivity index (χ4v) is 8.38. The molecule has 148 valence electrons. The average Bonchev–Trinajstić information content (AvgIpc) is 2.21. The topological polar surface area (TPSA) is 105 Å². The quantitative estimate of drug-likeness (QED) is 0.313. The number of hydrogen-bond donors (Lipinski definition) is 0. The minimum atomic E-state index is -4.37. The van der Waals surface area contributed by atoms with Crippen molar-refractivity contribution in [1.82, 2.24) is 0 Å². The van der Waals surface area contributed by atoms with Crippen LogP contribution >= 0.6 is 0 Å². The first kappa shape index (κ1) is 24.3. The van der Waals surface area contributed by atoms with E-state index in [-0.39, 0.29) is 23.7 Å². The van der Waals surface area contributed by atoms with Gasteiger partial charge in [0.1, 0.15) is 0 Å². The first-order chi connectivity index (χ1) is 10.6. The lowest BCUT2D eigenvalue weighted by Crippen LogP contribution is -2.49. The van der Waals surface area contributed by atoms with Crippen LogP contribution in [0, 0.1) is 10.8 Å². The van der Waals surface area contributed by atoms with Crippen molar-refractivity contribution >= 4 is 24.1 Å². The van der Waals surface area contributed by atoms with Gasteiger partial charge >= 0.3 is 4.38 Å². The number of nitrogens with zero attached hydrogens (tertiary/aromatic N) is 2. The Bertz CT molecular complexity index is 696. The van der Waals surface area contributed by atoms with Gasteiger partial charge in [-0.1, -0.05) is 41.5 Å². The molecule has 0 unspecified atom stereocenters. The molecule has 8 heteroatoms.